The first-order valence-electron chi connectivity index (χ1n) is 7.16. The van der Waals surface area contributed by atoms with Gasteiger partial charge in [-0.1, -0.05) is 32.4 Å². The number of aromatic nitrogens is 2. The molecule has 6 heteroatoms. The molecular weight excluding hydrogens is 276 g/mol. The van der Waals surface area contributed by atoms with Crippen molar-refractivity contribution in [3.63, 3.8) is 0 Å². The Labute approximate surface area is 124 Å². The quantitative estimate of drug-likeness (QED) is 0.923. The Bertz CT molecular complexity index is 528. The molecule has 5 nitrogen and oxygen atoms in total. The topological polar surface area (TPSA) is 64.2 Å². The van der Waals surface area contributed by atoms with Crippen molar-refractivity contribution >= 4 is 17.3 Å². The van der Waals surface area contributed by atoms with Gasteiger partial charge in [-0.2, -0.15) is 5.10 Å². The van der Waals surface area contributed by atoms with Crippen LogP contribution in [0.4, 0.5) is 5.69 Å². The molecule has 20 heavy (non-hydrogen) atoms. The minimum atomic E-state index is -0.208. The van der Waals surface area contributed by atoms with Crippen LogP contribution in [0, 0.1) is 11.8 Å². The summed E-state index contributed by atoms with van der Waals surface area (Å²) in [6.07, 6.45) is 2.61. The molecule has 0 amide bonds. The van der Waals surface area contributed by atoms with E-state index in [-0.39, 0.29) is 16.6 Å². The minimum absolute atomic E-state index is 0.208. The first-order chi connectivity index (χ1) is 9.40. The largest absolute Gasteiger partial charge is 0.368 e. The second kappa shape index (κ2) is 6.14. The van der Waals surface area contributed by atoms with Crippen LogP contribution in [0.5, 0.6) is 0 Å². The van der Waals surface area contributed by atoms with Gasteiger partial charge >= 0.3 is 0 Å². The van der Waals surface area contributed by atoms with Crippen LogP contribution in [-0.4, -0.2) is 28.9 Å². The number of hydrogen-bond donors (Lipinski definition) is 1. The summed E-state index contributed by atoms with van der Waals surface area (Å²) in [5.74, 6) is 0.744. The third-order valence-corrected chi connectivity index (χ3v) is 4.17. The van der Waals surface area contributed by atoms with E-state index in [4.69, 9.17) is 17.3 Å². The minimum Gasteiger partial charge on any atom is -0.368 e. The standard InChI is InChI=1S/C14H23ClN4O/c1-9(2)7-19-14(20)13(15)12(6-17-19)18-5-4-11(16)10(3)8-18/h6,9-11H,4-5,7-8,16H2,1-3H3. The van der Waals surface area contributed by atoms with E-state index >= 15 is 0 Å². The highest BCUT2D eigenvalue weighted by atomic mass is 35.5. The van der Waals surface area contributed by atoms with Crippen molar-refractivity contribution in [2.75, 3.05) is 18.0 Å². The Morgan fingerprint density at radius 2 is 2.25 bits per heavy atom. The number of hydrogen-bond acceptors (Lipinski definition) is 4. The molecule has 0 radical (unpaired) electrons. The van der Waals surface area contributed by atoms with Crippen LogP contribution >= 0.6 is 11.6 Å². The third kappa shape index (κ3) is 3.15. The van der Waals surface area contributed by atoms with E-state index < -0.39 is 0 Å². The molecule has 2 rings (SSSR count). The molecule has 2 atom stereocenters. The van der Waals surface area contributed by atoms with Gasteiger partial charge in [0, 0.05) is 25.7 Å². The maximum atomic E-state index is 12.2. The van der Waals surface area contributed by atoms with Crippen molar-refractivity contribution in [2.24, 2.45) is 17.6 Å². The summed E-state index contributed by atoms with van der Waals surface area (Å²) in [6.45, 7) is 8.43. The average molecular weight is 299 g/mol. The van der Waals surface area contributed by atoms with Crippen molar-refractivity contribution in [3.05, 3.63) is 21.6 Å². The van der Waals surface area contributed by atoms with Crippen molar-refractivity contribution in [1.82, 2.24) is 9.78 Å². The zero-order chi connectivity index (χ0) is 14.9. The smallest absolute Gasteiger partial charge is 0.287 e. The van der Waals surface area contributed by atoms with Crippen molar-refractivity contribution in [1.29, 1.82) is 0 Å². The molecule has 0 saturated carbocycles. The fraction of sp³-hybridized carbons (Fsp3) is 0.714. The number of anilines is 1. The first kappa shape index (κ1) is 15.3. The van der Waals surface area contributed by atoms with E-state index in [1.807, 2.05) is 13.8 Å². The molecule has 2 unspecified atom stereocenters. The summed E-state index contributed by atoms with van der Waals surface area (Å²) < 4.78 is 1.44. The molecule has 2 heterocycles. The molecule has 112 valence electrons. The molecule has 1 aromatic heterocycles. The van der Waals surface area contributed by atoms with Gasteiger partial charge in [-0.3, -0.25) is 4.79 Å². The van der Waals surface area contributed by atoms with Crippen molar-refractivity contribution in [3.8, 4) is 0 Å². The molecule has 1 fully saturated rings. The summed E-state index contributed by atoms with van der Waals surface area (Å²) in [7, 11) is 0. The van der Waals surface area contributed by atoms with E-state index in [1.54, 1.807) is 6.20 Å². The lowest BCUT2D eigenvalue weighted by Crippen LogP contribution is -2.46. The first-order valence-corrected chi connectivity index (χ1v) is 7.54. The van der Waals surface area contributed by atoms with Crippen LogP contribution in [0.1, 0.15) is 27.2 Å². The summed E-state index contributed by atoms with van der Waals surface area (Å²) in [5, 5.41) is 4.51. The van der Waals surface area contributed by atoms with Crippen LogP contribution in [0.25, 0.3) is 0 Å². The normalized spacial score (nSPS) is 23.4. The molecule has 0 bridgehead atoms. The monoisotopic (exact) mass is 298 g/mol. The Balaban J connectivity index is 2.26. The summed E-state index contributed by atoms with van der Waals surface area (Å²) in [6, 6.07) is 0.222. The van der Waals surface area contributed by atoms with Crippen LogP contribution in [-0.2, 0) is 6.54 Å². The Kier molecular flexibility index (Phi) is 4.70. The van der Waals surface area contributed by atoms with Crippen LogP contribution in [0.3, 0.4) is 0 Å². The molecular formula is C14H23ClN4O. The van der Waals surface area contributed by atoms with E-state index in [9.17, 15) is 4.79 Å². The lowest BCUT2D eigenvalue weighted by atomic mass is 9.94. The zero-order valence-electron chi connectivity index (χ0n) is 12.3. The predicted molar refractivity (Wildman–Crippen MR) is 82.3 cm³/mol. The summed E-state index contributed by atoms with van der Waals surface area (Å²) >= 11 is 6.25. The van der Waals surface area contributed by atoms with Gasteiger partial charge < -0.3 is 10.6 Å². The molecule has 0 spiro atoms. The zero-order valence-corrected chi connectivity index (χ0v) is 13.1. The van der Waals surface area contributed by atoms with Crippen LogP contribution in [0.2, 0.25) is 5.02 Å². The average Bonchev–Trinajstić information content (AvgIpc) is 2.38. The number of piperidine rings is 1. The summed E-state index contributed by atoms with van der Waals surface area (Å²) in [5.41, 5.74) is 6.55. The van der Waals surface area contributed by atoms with Gasteiger partial charge in [0.15, 0.2) is 0 Å². The highest BCUT2D eigenvalue weighted by Gasteiger charge is 2.25. The van der Waals surface area contributed by atoms with Gasteiger partial charge in [0.1, 0.15) is 5.02 Å². The molecule has 0 aromatic carbocycles. The summed E-state index contributed by atoms with van der Waals surface area (Å²) in [4.78, 5) is 14.3. The van der Waals surface area contributed by atoms with E-state index in [0.29, 0.717) is 18.4 Å². The Morgan fingerprint density at radius 3 is 2.85 bits per heavy atom. The lowest BCUT2D eigenvalue weighted by Gasteiger charge is -2.36. The number of nitrogens with two attached hydrogens (primary N) is 1. The van der Waals surface area contributed by atoms with Gasteiger partial charge in [-0.05, 0) is 18.3 Å². The Hall–Kier alpha value is -1.07. The molecule has 1 saturated heterocycles. The van der Waals surface area contributed by atoms with E-state index in [2.05, 4.69) is 16.9 Å². The molecule has 1 aromatic rings. The molecule has 1 aliphatic heterocycles. The molecule has 0 aliphatic carbocycles. The van der Waals surface area contributed by atoms with Gasteiger partial charge in [-0.15, -0.1) is 0 Å². The van der Waals surface area contributed by atoms with Gasteiger partial charge in [0.25, 0.3) is 5.56 Å². The van der Waals surface area contributed by atoms with E-state index in [1.165, 1.54) is 4.68 Å². The second-order valence-electron chi connectivity index (χ2n) is 6.10. The highest BCUT2D eigenvalue weighted by Crippen LogP contribution is 2.26. The number of nitrogens with zero attached hydrogens (tertiary/aromatic N) is 3. The second-order valence-corrected chi connectivity index (χ2v) is 6.48. The third-order valence-electron chi connectivity index (χ3n) is 3.82. The number of halogens is 1. The van der Waals surface area contributed by atoms with E-state index in [0.717, 1.165) is 25.2 Å². The van der Waals surface area contributed by atoms with Crippen molar-refractivity contribution < 1.29 is 0 Å². The van der Waals surface area contributed by atoms with Crippen LogP contribution < -0.4 is 16.2 Å². The SMILES string of the molecule is CC(C)Cn1ncc(N2CCC(N)C(C)C2)c(Cl)c1=O. The molecule has 2 N–H and O–H groups in total. The van der Waals surface area contributed by atoms with Gasteiger partial charge in [-0.25, -0.2) is 4.68 Å². The fourth-order valence-corrected chi connectivity index (χ4v) is 2.80. The number of rotatable bonds is 3. The lowest BCUT2D eigenvalue weighted by molar-refractivity contribution is 0.382. The van der Waals surface area contributed by atoms with Gasteiger partial charge in [0.2, 0.25) is 0 Å². The van der Waals surface area contributed by atoms with Crippen molar-refractivity contribution in [2.45, 2.75) is 39.8 Å². The Morgan fingerprint density at radius 1 is 1.55 bits per heavy atom. The van der Waals surface area contributed by atoms with Crippen LogP contribution in [0.15, 0.2) is 11.0 Å². The van der Waals surface area contributed by atoms with Gasteiger partial charge in [0.05, 0.1) is 11.9 Å². The highest BCUT2D eigenvalue weighted by molar-refractivity contribution is 6.33. The molecule has 1 aliphatic rings. The maximum Gasteiger partial charge on any atom is 0.287 e. The predicted octanol–water partition coefficient (Wildman–Crippen LogP) is 1.73. The fourth-order valence-electron chi connectivity index (χ4n) is 2.54. The maximum absolute atomic E-state index is 12.2.